The third-order valence-corrected chi connectivity index (χ3v) is 5.80. The van der Waals surface area contributed by atoms with Crippen molar-refractivity contribution < 1.29 is 14.9 Å². The number of aliphatic hydroxyl groups is 1. The molecule has 2 N–H and O–H groups in total. The van der Waals surface area contributed by atoms with Gasteiger partial charge in [-0.05, 0) is 63.1 Å². The number of hydrogen-bond acceptors (Lipinski definition) is 3. The Balaban J connectivity index is 1.96. The number of rotatable bonds is 5. The first kappa shape index (κ1) is 17.3. The number of ether oxygens (including phenoxy) is 1. The summed E-state index contributed by atoms with van der Waals surface area (Å²) in [6.45, 7) is 10.2. The van der Waals surface area contributed by atoms with Gasteiger partial charge in [-0.1, -0.05) is 31.9 Å². The second-order valence-electron chi connectivity index (χ2n) is 7.90. The lowest BCUT2D eigenvalue weighted by Gasteiger charge is -2.42. The highest BCUT2D eigenvalue weighted by Gasteiger charge is 2.53. The van der Waals surface area contributed by atoms with Gasteiger partial charge in [0.2, 0.25) is 0 Å². The Hall–Kier alpha value is -1.48. The molecule has 0 spiro atoms. The highest BCUT2D eigenvalue weighted by Crippen LogP contribution is 2.56. The molecule has 1 aliphatic heterocycles. The van der Waals surface area contributed by atoms with Crippen molar-refractivity contribution >= 4 is 0 Å². The monoisotopic (exact) mass is 330 g/mol. The zero-order valence-electron chi connectivity index (χ0n) is 15.1. The Morgan fingerprint density at radius 2 is 2.12 bits per heavy atom. The maximum absolute atomic E-state index is 10.8. The second-order valence-corrected chi connectivity index (χ2v) is 7.90. The number of fused-ring (bicyclic) bond motifs is 3. The normalized spacial score (nSPS) is 31.2. The maximum atomic E-state index is 10.8. The van der Waals surface area contributed by atoms with E-state index in [9.17, 15) is 10.2 Å². The van der Waals surface area contributed by atoms with Crippen LogP contribution < -0.4 is 4.74 Å². The van der Waals surface area contributed by atoms with Gasteiger partial charge in [0.1, 0.15) is 17.6 Å². The van der Waals surface area contributed by atoms with E-state index in [0.29, 0.717) is 12.2 Å². The van der Waals surface area contributed by atoms with Gasteiger partial charge in [-0.2, -0.15) is 0 Å². The van der Waals surface area contributed by atoms with Gasteiger partial charge in [-0.3, -0.25) is 0 Å². The summed E-state index contributed by atoms with van der Waals surface area (Å²) in [7, 11) is 0. The predicted octanol–water partition coefficient (Wildman–Crippen LogP) is 4.71. The Morgan fingerprint density at radius 1 is 1.38 bits per heavy atom. The molecule has 1 saturated carbocycles. The fraction of sp³-hybridized carbons (Fsp3) is 0.619. The molecule has 1 fully saturated rings. The number of phenols is 1. The Kier molecular flexibility index (Phi) is 4.65. The molecule has 4 atom stereocenters. The van der Waals surface area contributed by atoms with Gasteiger partial charge >= 0.3 is 0 Å². The van der Waals surface area contributed by atoms with E-state index >= 15 is 0 Å². The zero-order chi connectivity index (χ0) is 17.5. The van der Waals surface area contributed by atoms with Crippen LogP contribution in [-0.4, -0.2) is 21.9 Å². The van der Waals surface area contributed by atoms with E-state index in [1.54, 1.807) is 0 Å². The van der Waals surface area contributed by atoms with Crippen molar-refractivity contribution in [1.29, 1.82) is 0 Å². The van der Waals surface area contributed by atoms with Crippen molar-refractivity contribution in [1.82, 2.24) is 0 Å². The van der Waals surface area contributed by atoms with E-state index in [2.05, 4.69) is 19.6 Å². The van der Waals surface area contributed by atoms with Gasteiger partial charge in [0.25, 0.3) is 0 Å². The van der Waals surface area contributed by atoms with Crippen LogP contribution in [0.25, 0.3) is 0 Å². The van der Waals surface area contributed by atoms with Crippen molar-refractivity contribution in [3.8, 4) is 11.5 Å². The van der Waals surface area contributed by atoms with E-state index in [1.807, 2.05) is 19.9 Å². The standard InChI is InChI=1S/C21H30O3/c1-5-6-7-8-14-11-16(22)19-17(12-14)24-20-18(19)15(13(2)3)9-10-21(20,4)23/h11-12,15,18,20,22-23H,2,5-10H2,1,3-4H3/t15-,18+,20?,21-/m0/s1. The molecular weight excluding hydrogens is 300 g/mol. The minimum absolute atomic E-state index is 0.00839. The molecule has 24 heavy (non-hydrogen) atoms. The molecule has 0 radical (unpaired) electrons. The molecule has 3 nitrogen and oxygen atoms in total. The average Bonchev–Trinajstić information content (AvgIpc) is 2.88. The van der Waals surface area contributed by atoms with Crippen LogP contribution in [0.2, 0.25) is 0 Å². The SMILES string of the molecule is C=C(C)[C@@H]1CC[C@](C)(O)C2Oc3cc(CCCCC)cc(O)c3[C@H]21. The zero-order valence-corrected chi connectivity index (χ0v) is 15.1. The van der Waals surface area contributed by atoms with Crippen molar-refractivity contribution in [3.05, 3.63) is 35.4 Å². The molecule has 1 aliphatic carbocycles. The van der Waals surface area contributed by atoms with Crippen molar-refractivity contribution in [2.24, 2.45) is 5.92 Å². The van der Waals surface area contributed by atoms with Gasteiger partial charge in [0.15, 0.2) is 0 Å². The topological polar surface area (TPSA) is 49.7 Å². The summed E-state index contributed by atoms with van der Waals surface area (Å²) in [5.41, 5.74) is 2.21. The molecule has 0 saturated heterocycles. The summed E-state index contributed by atoms with van der Waals surface area (Å²) in [6, 6.07) is 3.95. The largest absolute Gasteiger partial charge is 0.508 e. The van der Waals surface area contributed by atoms with Crippen LogP contribution >= 0.6 is 0 Å². The van der Waals surface area contributed by atoms with Gasteiger partial charge < -0.3 is 14.9 Å². The first-order valence-corrected chi connectivity index (χ1v) is 9.25. The molecule has 0 aromatic heterocycles. The first-order valence-electron chi connectivity index (χ1n) is 9.25. The minimum Gasteiger partial charge on any atom is -0.508 e. The maximum Gasteiger partial charge on any atom is 0.135 e. The average molecular weight is 330 g/mol. The van der Waals surface area contributed by atoms with Gasteiger partial charge in [0.05, 0.1) is 5.60 Å². The number of hydrogen-bond donors (Lipinski definition) is 2. The van der Waals surface area contributed by atoms with Gasteiger partial charge in [-0.15, -0.1) is 0 Å². The number of benzene rings is 1. The number of phenolic OH excluding ortho intramolecular Hbond substituents is 1. The molecular formula is C21H30O3. The summed E-state index contributed by atoms with van der Waals surface area (Å²) in [6.07, 6.45) is 5.71. The molecule has 1 aromatic rings. The summed E-state index contributed by atoms with van der Waals surface area (Å²) < 4.78 is 6.18. The van der Waals surface area contributed by atoms with E-state index in [4.69, 9.17) is 4.74 Å². The molecule has 1 heterocycles. The van der Waals surface area contributed by atoms with Crippen molar-refractivity contribution in [2.45, 2.75) is 76.9 Å². The lowest BCUT2D eigenvalue weighted by atomic mass is 9.66. The molecule has 1 unspecified atom stereocenters. The molecule has 3 heteroatoms. The summed E-state index contributed by atoms with van der Waals surface area (Å²) in [5.74, 6) is 1.31. The Morgan fingerprint density at radius 3 is 2.79 bits per heavy atom. The third kappa shape index (κ3) is 2.95. The molecule has 132 valence electrons. The summed E-state index contributed by atoms with van der Waals surface area (Å²) in [5, 5.41) is 21.5. The minimum atomic E-state index is -0.871. The Bertz CT molecular complexity index is 632. The third-order valence-electron chi connectivity index (χ3n) is 5.80. The number of unbranched alkanes of at least 4 members (excludes halogenated alkanes) is 2. The quantitative estimate of drug-likeness (QED) is 0.607. The van der Waals surface area contributed by atoms with Crippen LogP contribution in [0.4, 0.5) is 0 Å². The first-order chi connectivity index (χ1) is 11.3. The van der Waals surface area contributed by atoms with E-state index < -0.39 is 5.60 Å². The highest BCUT2D eigenvalue weighted by atomic mass is 16.5. The van der Waals surface area contributed by atoms with E-state index in [-0.39, 0.29) is 17.9 Å². The fourth-order valence-electron chi connectivity index (χ4n) is 4.43. The summed E-state index contributed by atoms with van der Waals surface area (Å²) >= 11 is 0. The predicted molar refractivity (Wildman–Crippen MR) is 96.7 cm³/mol. The molecule has 2 aliphatic rings. The number of allylic oxidation sites excluding steroid dienone is 1. The van der Waals surface area contributed by atoms with Crippen LogP contribution in [0.5, 0.6) is 11.5 Å². The Labute approximate surface area is 145 Å². The van der Waals surface area contributed by atoms with E-state index in [0.717, 1.165) is 41.7 Å². The molecule has 0 bridgehead atoms. The fourth-order valence-corrected chi connectivity index (χ4v) is 4.43. The molecule has 0 amide bonds. The number of aromatic hydroxyl groups is 1. The molecule has 1 aromatic carbocycles. The number of aryl methyl sites for hydroxylation is 1. The van der Waals surface area contributed by atoms with E-state index in [1.165, 1.54) is 12.8 Å². The molecule has 3 rings (SSSR count). The smallest absolute Gasteiger partial charge is 0.135 e. The van der Waals surface area contributed by atoms with Crippen LogP contribution in [0.15, 0.2) is 24.3 Å². The van der Waals surface area contributed by atoms with Crippen molar-refractivity contribution in [3.63, 3.8) is 0 Å². The van der Waals surface area contributed by atoms with Crippen LogP contribution in [0.1, 0.15) is 69.9 Å². The summed E-state index contributed by atoms with van der Waals surface area (Å²) in [4.78, 5) is 0. The van der Waals surface area contributed by atoms with Crippen LogP contribution in [-0.2, 0) is 6.42 Å². The van der Waals surface area contributed by atoms with Crippen LogP contribution in [0.3, 0.4) is 0 Å². The lowest BCUT2D eigenvalue weighted by molar-refractivity contribution is -0.0824. The lowest BCUT2D eigenvalue weighted by Crippen LogP contribution is -2.50. The van der Waals surface area contributed by atoms with Crippen molar-refractivity contribution in [2.75, 3.05) is 0 Å². The highest BCUT2D eigenvalue weighted by molar-refractivity contribution is 5.54. The second kappa shape index (κ2) is 6.44. The van der Waals surface area contributed by atoms with Crippen LogP contribution in [0, 0.1) is 5.92 Å². The van der Waals surface area contributed by atoms with Gasteiger partial charge in [0, 0.05) is 11.5 Å². The van der Waals surface area contributed by atoms with Gasteiger partial charge in [-0.25, -0.2) is 0 Å².